The number of carboxylic acids is 1. The molecule has 0 saturated carbocycles. The van der Waals surface area contributed by atoms with E-state index in [-0.39, 0.29) is 5.69 Å². The van der Waals surface area contributed by atoms with Gasteiger partial charge in [-0.05, 0) is 19.1 Å². The Bertz CT molecular complexity index is 539. The SMILES string of the molecule is Cc1nc(CNc2cccnc2C(=O)O)cs1. The van der Waals surface area contributed by atoms with Crippen LogP contribution in [0.4, 0.5) is 5.69 Å². The van der Waals surface area contributed by atoms with Crippen LogP contribution in [0.5, 0.6) is 0 Å². The van der Waals surface area contributed by atoms with Gasteiger partial charge in [0.15, 0.2) is 5.69 Å². The molecule has 0 fully saturated rings. The van der Waals surface area contributed by atoms with Gasteiger partial charge >= 0.3 is 5.97 Å². The van der Waals surface area contributed by atoms with E-state index in [9.17, 15) is 4.79 Å². The van der Waals surface area contributed by atoms with E-state index in [4.69, 9.17) is 5.11 Å². The molecule has 0 radical (unpaired) electrons. The third-order valence-electron chi connectivity index (χ3n) is 2.14. The fourth-order valence-electron chi connectivity index (χ4n) is 1.39. The molecule has 0 bridgehead atoms. The number of carbonyl (C=O) groups is 1. The summed E-state index contributed by atoms with van der Waals surface area (Å²) in [4.78, 5) is 19.0. The highest BCUT2D eigenvalue weighted by Crippen LogP contribution is 2.14. The summed E-state index contributed by atoms with van der Waals surface area (Å²) >= 11 is 1.57. The van der Waals surface area contributed by atoms with Crippen LogP contribution in [-0.4, -0.2) is 21.0 Å². The quantitative estimate of drug-likeness (QED) is 0.868. The number of nitrogens with zero attached hydrogens (tertiary/aromatic N) is 2. The van der Waals surface area contributed by atoms with Crippen molar-refractivity contribution < 1.29 is 9.90 Å². The zero-order valence-electron chi connectivity index (χ0n) is 9.17. The van der Waals surface area contributed by atoms with Crippen molar-refractivity contribution in [3.63, 3.8) is 0 Å². The van der Waals surface area contributed by atoms with Gasteiger partial charge in [-0.15, -0.1) is 11.3 Å². The third kappa shape index (κ3) is 2.79. The Morgan fingerprint density at radius 3 is 3.06 bits per heavy atom. The number of hydrogen-bond donors (Lipinski definition) is 2. The van der Waals surface area contributed by atoms with Crippen molar-refractivity contribution in [3.8, 4) is 0 Å². The first-order valence-corrected chi connectivity index (χ1v) is 5.88. The number of hydrogen-bond acceptors (Lipinski definition) is 5. The lowest BCUT2D eigenvalue weighted by molar-refractivity contribution is 0.0691. The van der Waals surface area contributed by atoms with E-state index in [1.807, 2.05) is 12.3 Å². The number of rotatable bonds is 4. The Labute approximate surface area is 102 Å². The van der Waals surface area contributed by atoms with Crippen molar-refractivity contribution in [2.24, 2.45) is 0 Å². The molecule has 2 aromatic heterocycles. The maximum atomic E-state index is 10.9. The van der Waals surface area contributed by atoms with Crippen LogP contribution in [0.2, 0.25) is 0 Å². The molecule has 0 spiro atoms. The number of carboxylic acid groups (broad SMARTS) is 1. The molecule has 0 unspecified atom stereocenters. The van der Waals surface area contributed by atoms with Crippen LogP contribution in [0.1, 0.15) is 21.2 Å². The molecule has 2 rings (SSSR count). The van der Waals surface area contributed by atoms with Crippen molar-refractivity contribution in [1.29, 1.82) is 0 Å². The van der Waals surface area contributed by atoms with E-state index in [1.165, 1.54) is 6.20 Å². The molecule has 0 amide bonds. The van der Waals surface area contributed by atoms with Crippen LogP contribution in [0.25, 0.3) is 0 Å². The Morgan fingerprint density at radius 2 is 2.41 bits per heavy atom. The second-order valence-corrected chi connectivity index (χ2v) is 4.48. The van der Waals surface area contributed by atoms with Gasteiger partial charge in [-0.3, -0.25) is 0 Å². The van der Waals surface area contributed by atoms with Crippen LogP contribution in [-0.2, 0) is 6.54 Å². The van der Waals surface area contributed by atoms with Crippen molar-refractivity contribution in [2.45, 2.75) is 13.5 Å². The number of aromatic carboxylic acids is 1. The summed E-state index contributed by atoms with van der Waals surface area (Å²) in [5, 5.41) is 14.9. The number of aryl methyl sites for hydroxylation is 1. The zero-order chi connectivity index (χ0) is 12.3. The largest absolute Gasteiger partial charge is 0.476 e. The molecule has 0 saturated heterocycles. The van der Waals surface area contributed by atoms with Crippen LogP contribution < -0.4 is 5.32 Å². The molecule has 2 heterocycles. The van der Waals surface area contributed by atoms with Gasteiger partial charge in [0, 0.05) is 11.6 Å². The van der Waals surface area contributed by atoms with Crippen LogP contribution >= 0.6 is 11.3 Å². The summed E-state index contributed by atoms with van der Waals surface area (Å²) in [7, 11) is 0. The molecule has 0 aliphatic carbocycles. The molecule has 17 heavy (non-hydrogen) atoms. The first kappa shape index (κ1) is 11.5. The van der Waals surface area contributed by atoms with Crippen LogP contribution in [0.3, 0.4) is 0 Å². The summed E-state index contributed by atoms with van der Waals surface area (Å²) in [6.45, 7) is 2.43. The van der Waals surface area contributed by atoms with Gasteiger partial charge in [0.05, 0.1) is 22.9 Å². The number of aromatic nitrogens is 2. The molecule has 0 aliphatic heterocycles. The zero-order valence-corrected chi connectivity index (χ0v) is 9.99. The van der Waals surface area contributed by atoms with Crippen molar-refractivity contribution in [2.75, 3.05) is 5.32 Å². The summed E-state index contributed by atoms with van der Waals surface area (Å²) in [5.74, 6) is -1.04. The summed E-state index contributed by atoms with van der Waals surface area (Å²) in [5.41, 5.74) is 1.43. The van der Waals surface area contributed by atoms with Crippen LogP contribution in [0, 0.1) is 6.92 Å². The Hall–Kier alpha value is -1.95. The van der Waals surface area contributed by atoms with E-state index in [2.05, 4.69) is 15.3 Å². The molecule has 0 atom stereocenters. The van der Waals surface area contributed by atoms with E-state index in [0.29, 0.717) is 12.2 Å². The van der Waals surface area contributed by atoms with Crippen molar-refractivity contribution >= 4 is 23.0 Å². The standard InChI is InChI=1S/C11H11N3O2S/c1-7-14-8(6-17-7)5-13-9-3-2-4-12-10(9)11(15)16/h2-4,6,13H,5H2,1H3,(H,15,16). The molecule has 6 heteroatoms. The Kier molecular flexibility index (Phi) is 3.34. The molecule has 2 aromatic rings. The smallest absolute Gasteiger partial charge is 0.356 e. The van der Waals surface area contributed by atoms with Gasteiger partial charge < -0.3 is 10.4 Å². The molecular weight excluding hydrogens is 238 g/mol. The highest BCUT2D eigenvalue weighted by molar-refractivity contribution is 7.09. The topological polar surface area (TPSA) is 75.1 Å². The molecule has 5 nitrogen and oxygen atoms in total. The number of thiazole rings is 1. The fourth-order valence-corrected chi connectivity index (χ4v) is 2.01. The number of nitrogens with one attached hydrogen (secondary N) is 1. The molecule has 88 valence electrons. The molecule has 2 N–H and O–H groups in total. The minimum absolute atomic E-state index is 0.0273. The normalized spacial score (nSPS) is 10.2. The molecule has 0 aromatic carbocycles. The van der Waals surface area contributed by atoms with Crippen molar-refractivity contribution in [3.05, 3.63) is 40.1 Å². The fraction of sp³-hybridized carbons (Fsp3) is 0.182. The average molecular weight is 249 g/mol. The van der Waals surface area contributed by atoms with Crippen LogP contribution in [0.15, 0.2) is 23.7 Å². The second-order valence-electron chi connectivity index (χ2n) is 3.42. The minimum atomic E-state index is -1.04. The van der Waals surface area contributed by atoms with Crippen molar-refractivity contribution in [1.82, 2.24) is 9.97 Å². The predicted molar refractivity (Wildman–Crippen MR) is 65.4 cm³/mol. The van der Waals surface area contributed by atoms with E-state index in [1.54, 1.807) is 23.5 Å². The maximum absolute atomic E-state index is 10.9. The van der Waals surface area contributed by atoms with E-state index >= 15 is 0 Å². The highest BCUT2D eigenvalue weighted by atomic mass is 32.1. The molecular formula is C11H11N3O2S. The first-order valence-electron chi connectivity index (χ1n) is 5.00. The summed E-state index contributed by atoms with van der Waals surface area (Å²) < 4.78 is 0. The van der Waals surface area contributed by atoms with Gasteiger partial charge in [-0.1, -0.05) is 0 Å². The predicted octanol–water partition coefficient (Wildman–Crippen LogP) is 2.16. The summed E-state index contributed by atoms with van der Waals surface area (Å²) in [6.07, 6.45) is 1.46. The lowest BCUT2D eigenvalue weighted by Crippen LogP contribution is -2.08. The Morgan fingerprint density at radius 1 is 1.59 bits per heavy atom. The first-order chi connectivity index (χ1) is 8.16. The lowest BCUT2D eigenvalue weighted by Gasteiger charge is -2.06. The maximum Gasteiger partial charge on any atom is 0.356 e. The average Bonchev–Trinajstić information content (AvgIpc) is 2.73. The summed E-state index contributed by atoms with van der Waals surface area (Å²) in [6, 6.07) is 3.39. The second kappa shape index (κ2) is 4.92. The van der Waals surface area contributed by atoms with Gasteiger partial charge in [0.1, 0.15) is 0 Å². The third-order valence-corrected chi connectivity index (χ3v) is 2.96. The number of pyridine rings is 1. The minimum Gasteiger partial charge on any atom is -0.476 e. The highest BCUT2D eigenvalue weighted by Gasteiger charge is 2.10. The monoisotopic (exact) mass is 249 g/mol. The van der Waals surface area contributed by atoms with E-state index < -0.39 is 5.97 Å². The van der Waals surface area contributed by atoms with Gasteiger partial charge in [0.25, 0.3) is 0 Å². The molecule has 0 aliphatic rings. The van der Waals surface area contributed by atoms with Gasteiger partial charge in [-0.2, -0.15) is 0 Å². The van der Waals surface area contributed by atoms with Gasteiger partial charge in [-0.25, -0.2) is 14.8 Å². The van der Waals surface area contributed by atoms with Gasteiger partial charge in [0.2, 0.25) is 0 Å². The lowest BCUT2D eigenvalue weighted by atomic mass is 10.3. The number of anilines is 1. The van der Waals surface area contributed by atoms with E-state index in [0.717, 1.165) is 10.7 Å². The Balaban J connectivity index is 2.11.